The highest BCUT2D eigenvalue weighted by molar-refractivity contribution is 9.11. The lowest BCUT2D eigenvalue weighted by atomic mass is 9.95. The van der Waals surface area contributed by atoms with Gasteiger partial charge in [0, 0.05) is 14.2 Å². The van der Waals surface area contributed by atoms with Crippen molar-refractivity contribution in [2.24, 2.45) is 0 Å². The van der Waals surface area contributed by atoms with Gasteiger partial charge in [0.1, 0.15) is 0 Å². The van der Waals surface area contributed by atoms with Crippen molar-refractivity contribution in [2.75, 3.05) is 0 Å². The summed E-state index contributed by atoms with van der Waals surface area (Å²) < 4.78 is 1.20. The van der Waals surface area contributed by atoms with Crippen LogP contribution in [0.15, 0.2) is 34.8 Å². The van der Waals surface area contributed by atoms with E-state index >= 15 is 0 Å². The molecule has 0 bridgehead atoms. The minimum Gasteiger partial charge on any atom is -0.143 e. The van der Waals surface area contributed by atoms with Gasteiger partial charge in [-0.05, 0) is 35.6 Å². The zero-order valence-electron chi connectivity index (χ0n) is 11.6. The second kappa shape index (κ2) is 5.71. The van der Waals surface area contributed by atoms with Gasteiger partial charge in [-0.1, -0.05) is 70.8 Å². The number of rotatable bonds is 2. The van der Waals surface area contributed by atoms with E-state index in [4.69, 9.17) is 0 Å². The van der Waals surface area contributed by atoms with Crippen molar-refractivity contribution in [3.05, 3.63) is 55.7 Å². The lowest BCUT2D eigenvalue weighted by Crippen LogP contribution is -2.07. The SMILES string of the molecule is Cc1cccc(C(Br)c2ccc(C(C)(C)C)s2)c1Br. The van der Waals surface area contributed by atoms with Crippen LogP contribution in [0.2, 0.25) is 0 Å². The van der Waals surface area contributed by atoms with Crippen molar-refractivity contribution in [2.45, 2.75) is 37.9 Å². The van der Waals surface area contributed by atoms with Gasteiger partial charge >= 0.3 is 0 Å². The minimum atomic E-state index is 0.222. The fourth-order valence-corrected chi connectivity index (χ4v) is 4.59. The summed E-state index contributed by atoms with van der Waals surface area (Å²) in [7, 11) is 0. The molecule has 0 N–H and O–H groups in total. The molecule has 0 radical (unpaired) electrons. The summed E-state index contributed by atoms with van der Waals surface area (Å²) in [5, 5.41) is 0. The zero-order chi connectivity index (χ0) is 14.2. The van der Waals surface area contributed by atoms with E-state index in [9.17, 15) is 0 Å². The first kappa shape index (κ1) is 15.3. The van der Waals surface area contributed by atoms with Gasteiger partial charge < -0.3 is 0 Å². The first-order valence-electron chi connectivity index (χ1n) is 6.30. The predicted molar refractivity (Wildman–Crippen MR) is 92.7 cm³/mol. The Balaban J connectivity index is 2.37. The van der Waals surface area contributed by atoms with Gasteiger partial charge in [-0.3, -0.25) is 0 Å². The molecule has 1 aromatic heterocycles. The molecule has 0 aliphatic heterocycles. The lowest BCUT2D eigenvalue weighted by Gasteiger charge is -2.16. The second-order valence-electron chi connectivity index (χ2n) is 5.79. The quantitative estimate of drug-likeness (QED) is 0.497. The number of aryl methyl sites for hydroxylation is 1. The molecule has 0 amide bonds. The molecule has 3 heteroatoms. The number of alkyl halides is 1. The lowest BCUT2D eigenvalue weighted by molar-refractivity contribution is 0.604. The van der Waals surface area contributed by atoms with Crippen LogP contribution in [0.1, 0.15) is 46.5 Å². The molecule has 0 nitrogen and oxygen atoms in total. The van der Waals surface area contributed by atoms with Crippen LogP contribution in [0.4, 0.5) is 0 Å². The van der Waals surface area contributed by atoms with E-state index < -0.39 is 0 Å². The maximum absolute atomic E-state index is 3.84. The van der Waals surface area contributed by atoms with E-state index in [0.29, 0.717) is 0 Å². The van der Waals surface area contributed by atoms with Crippen molar-refractivity contribution in [1.82, 2.24) is 0 Å². The molecule has 0 fully saturated rings. The highest BCUT2D eigenvalue weighted by Gasteiger charge is 2.20. The summed E-state index contributed by atoms with van der Waals surface area (Å²) in [4.78, 5) is 3.04. The van der Waals surface area contributed by atoms with Crippen LogP contribution in [-0.2, 0) is 5.41 Å². The highest BCUT2D eigenvalue weighted by atomic mass is 79.9. The summed E-state index contributed by atoms with van der Waals surface area (Å²) >= 11 is 9.43. The molecule has 0 aliphatic carbocycles. The van der Waals surface area contributed by atoms with Crippen LogP contribution < -0.4 is 0 Å². The Morgan fingerprint density at radius 1 is 1.11 bits per heavy atom. The Morgan fingerprint density at radius 3 is 2.37 bits per heavy atom. The third kappa shape index (κ3) is 3.32. The first-order chi connectivity index (χ1) is 8.80. The number of halogens is 2. The van der Waals surface area contributed by atoms with Crippen LogP contribution in [0.3, 0.4) is 0 Å². The molecular formula is C16H18Br2S. The van der Waals surface area contributed by atoms with Crippen molar-refractivity contribution in [1.29, 1.82) is 0 Å². The van der Waals surface area contributed by atoms with Crippen LogP contribution in [0, 0.1) is 6.92 Å². The zero-order valence-corrected chi connectivity index (χ0v) is 15.6. The highest BCUT2D eigenvalue weighted by Crippen LogP contribution is 2.41. The molecule has 0 spiro atoms. The average molecular weight is 402 g/mol. The normalized spacial score (nSPS) is 13.6. The molecule has 0 aliphatic rings. The second-order valence-corrected chi connectivity index (χ2v) is 8.62. The van der Waals surface area contributed by atoms with E-state index in [1.54, 1.807) is 0 Å². The number of hydrogen-bond acceptors (Lipinski definition) is 1. The molecule has 1 unspecified atom stereocenters. The standard InChI is InChI=1S/C16H18Br2S/c1-10-6-5-7-11(14(10)17)15(18)12-8-9-13(19-12)16(2,3)4/h5-9,15H,1-4H3. The molecule has 2 aromatic rings. The van der Waals surface area contributed by atoms with Gasteiger partial charge in [-0.15, -0.1) is 11.3 Å². The van der Waals surface area contributed by atoms with Crippen LogP contribution in [0.5, 0.6) is 0 Å². The summed E-state index contributed by atoms with van der Waals surface area (Å²) in [6.07, 6.45) is 0. The van der Waals surface area contributed by atoms with Crippen molar-refractivity contribution >= 4 is 43.2 Å². The Labute approximate surface area is 136 Å². The van der Waals surface area contributed by atoms with Crippen molar-refractivity contribution in [3.8, 4) is 0 Å². The largest absolute Gasteiger partial charge is 0.143 e. The average Bonchev–Trinajstić information content (AvgIpc) is 2.81. The van der Waals surface area contributed by atoms with Crippen LogP contribution >= 0.6 is 43.2 Å². The third-order valence-corrected chi connectivity index (χ3v) is 7.06. The summed E-state index contributed by atoms with van der Waals surface area (Å²) in [5.74, 6) is 0. The number of thiophene rings is 1. The van der Waals surface area contributed by atoms with Gasteiger partial charge in [0.25, 0.3) is 0 Å². The van der Waals surface area contributed by atoms with Crippen molar-refractivity contribution in [3.63, 3.8) is 0 Å². The molecular weight excluding hydrogens is 384 g/mol. The predicted octanol–water partition coefficient (Wildman–Crippen LogP) is 6.60. The topological polar surface area (TPSA) is 0 Å². The molecule has 1 heterocycles. The fourth-order valence-electron chi connectivity index (χ4n) is 1.91. The van der Waals surface area contributed by atoms with Gasteiger partial charge in [0.2, 0.25) is 0 Å². The summed E-state index contributed by atoms with van der Waals surface area (Å²) in [6, 6.07) is 10.9. The van der Waals surface area contributed by atoms with E-state index in [1.165, 1.54) is 25.4 Å². The smallest absolute Gasteiger partial charge is 0.0749 e. The molecule has 19 heavy (non-hydrogen) atoms. The van der Waals surface area contributed by atoms with Crippen LogP contribution in [-0.4, -0.2) is 0 Å². The number of hydrogen-bond donors (Lipinski definition) is 0. The maximum Gasteiger partial charge on any atom is 0.0749 e. The minimum absolute atomic E-state index is 0.222. The monoisotopic (exact) mass is 400 g/mol. The Bertz CT molecular complexity index is 579. The van der Waals surface area contributed by atoms with E-state index in [0.717, 1.165) is 0 Å². The van der Waals surface area contributed by atoms with Gasteiger partial charge in [0.15, 0.2) is 0 Å². The summed E-state index contributed by atoms with van der Waals surface area (Å²) in [5.41, 5.74) is 2.79. The fraction of sp³-hybridized carbons (Fsp3) is 0.375. The Kier molecular flexibility index (Phi) is 4.59. The van der Waals surface area contributed by atoms with Crippen LogP contribution in [0.25, 0.3) is 0 Å². The van der Waals surface area contributed by atoms with Crippen molar-refractivity contribution < 1.29 is 0 Å². The molecule has 1 aromatic carbocycles. The molecule has 2 rings (SSSR count). The van der Waals surface area contributed by atoms with E-state index in [-0.39, 0.29) is 10.2 Å². The Morgan fingerprint density at radius 2 is 1.79 bits per heavy atom. The maximum atomic E-state index is 3.84. The Hall–Kier alpha value is -0.120. The number of benzene rings is 1. The molecule has 0 saturated heterocycles. The van der Waals surface area contributed by atoms with Gasteiger partial charge in [-0.25, -0.2) is 0 Å². The first-order valence-corrected chi connectivity index (χ1v) is 8.82. The molecule has 0 saturated carbocycles. The van der Waals surface area contributed by atoms with E-state index in [2.05, 4.69) is 89.9 Å². The van der Waals surface area contributed by atoms with Gasteiger partial charge in [-0.2, -0.15) is 0 Å². The molecule has 102 valence electrons. The third-order valence-electron chi connectivity index (χ3n) is 3.11. The molecule has 1 atom stereocenters. The summed E-state index contributed by atoms with van der Waals surface area (Å²) in [6.45, 7) is 8.90. The van der Waals surface area contributed by atoms with Gasteiger partial charge in [0.05, 0.1) is 4.83 Å². The van der Waals surface area contributed by atoms with E-state index in [1.807, 2.05) is 11.3 Å².